The summed E-state index contributed by atoms with van der Waals surface area (Å²) in [4.78, 5) is 12.2. The number of carbonyl (C=O) groups is 1. The van der Waals surface area contributed by atoms with Gasteiger partial charge in [-0.25, -0.2) is 0 Å². The molecule has 0 N–H and O–H groups in total. The van der Waals surface area contributed by atoms with Crippen molar-refractivity contribution in [2.45, 2.75) is 103 Å². The zero-order valence-electron chi connectivity index (χ0n) is 25.6. The van der Waals surface area contributed by atoms with Gasteiger partial charge in [0.2, 0.25) is 6.79 Å². The third-order valence-electron chi connectivity index (χ3n) is 7.78. The van der Waals surface area contributed by atoms with Crippen LogP contribution >= 0.6 is 0 Å². The molecule has 0 bridgehead atoms. The molecule has 0 amide bonds. The molecular weight excluding hydrogens is 528 g/mol. The number of rotatable bonds is 20. The van der Waals surface area contributed by atoms with E-state index in [1.165, 1.54) is 57.8 Å². The number of methoxy groups -OCH3 is 1. The molecule has 0 radical (unpaired) electrons. The van der Waals surface area contributed by atoms with E-state index in [9.17, 15) is 4.79 Å². The van der Waals surface area contributed by atoms with Crippen LogP contribution in [0.5, 0.6) is 17.2 Å². The quantitative estimate of drug-likeness (QED) is 0.0757. The van der Waals surface area contributed by atoms with E-state index >= 15 is 0 Å². The van der Waals surface area contributed by atoms with Gasteiger partial charge in [-0.2, -0.15) is 0 Å². The van der Waals surface area contributed by atoms with E-state index in [1.54, 1.807) is 7.11 Å². The van der Waals surface area contributed by atoms with Crippen LogP contribution in [0.3, 0.4) is 0 Å². The lowest BCUT2D eigenvalue weighted by molar-refractivity contribution is -0.143. The Kier molecular flexibility index (Phi) is 13.2. The lowest BCUT2D eigenvalue weighted by Crippen LogP contribution is -2.06. The van der Waals surface area contributed by atoms with Crippen LogP contribution in [0.1, 0.15) is 102 Å². The second-order valence-electron chi connectivity index (χ2n) is 11.2. The average molecular weight is 577 g/mol. The lowest BCUT2D eigenvalue weighted by atomic mass is 10.1. The molecule has 0 aliphatic carbocycles. The fourth-order valence-electron chi connectivity index (χ4n) is 5.37. The highest BCUT2D eigenvalue weighted by Crippen LogP contribution is 2.39. The SMILES string of the molecule is CCCCCCCC/C=C\CCCCCCC(=O)OCCCc1cc(OC)c2oc(-c3ccc4c(c3)OCO4)cc2c1. The molecule has 0 spiro atoms. The highest BCUT2D eigenvalue weighted by molar-refractivity contribution is 5.88. The van der Waals surface area contributed by atoms with Gasteiger partial charge in [0.05, 0.1) is 13.7 Å². The van der Waals surface area contributed by atoms with Crippen molar-refractivity contribution in [1.82, 2.24) is 0 Å². The summed E-state index contributed by atoms with van der Waals surface area (Å²) in [6.45, 7) is 2.93. The molecule has 1 aromatic heterocycles. The molecule has 0 atom stereocenters. The summed E-state index contributed by atoms with van der Waals surface area (Å²) in [6, 6.07) is 11.9. The smallest absolute Gasteiger partial charge is 0.305 e. The van der Waals surface area contributed by atoms with Gasteiger partial charge in [0.1, 0.15) is 5.76 Å². The number of allylic oxidation sites excluding steroid dienone is 2. The van der Waals surface area contributed by atoms with Crippen molar-refractivity contribution in [2.75, 3.05) is 20.5 Å². The fourth-order valence-corrected chi connectivity index (χ4v) is 5.37. The molecule has 6 nitrogen and oxygen atoms in total. The highest BCUT2D eigenvalue weighted by Gasteiger charge is 2.17. The Hall–Kier alpha value is -3.41. The third kappa shape index (κ3) is 9.85. The zero-order chi connectivity index (χ0) is 29.4. The van der Waals surface area contributed by atoms with Crippen LogP contribution in [-0.4, -0.2) is 26.5 Å². The number of furan rings is 1. The van der Waals surface area contributed by atoms with Gasteiger partial charge >= 0.3 is 5.97 Å². The van der Waals surface area contributed by atoms with E-state index in [0.29, 0.717) is 24.4 Å². The zero-order valence-corrected chi connectivity index (χ0v) is 25.6. The Morgan fingerprint density at radius 3 is 2.36 bits per heavy atom. The fraction of sp³-hybridized carbons (Fsp3) is 0.528. The first kappa shape index (κ1) is 31.5. The van der Waals surface area contributed by atoms with Gasteiger partial charge in [0, 0.05) is 17.4 Å². The molecule has 3 aromatic rings. The Bertz CT molecular complexity index is 1270. The number of hydrogen-bond donors (Lipinski definition) is 0. The molecule has 2 heterocycles. The summed E-state index contributed by atoms with van der Waals surface area (Å²) >= 11 is 0. The molecule has 2 aromatic carbocycles. The number of fused-ring (bicyclic) bond motifs is 2. The Labute approximate surface area is 251 Å². The lowest BCUT2D eigenvalue weighted by Gasteiger charge is -2.07. The average Bonchev–Trinajstić information content (AvgIpc) is 3.66. The van der Waals surface area contributed by atoms with E-state index in [-0.39, 0.29) is 12.8 Å². The molecule has 0 fully saturated rings. The van der Waals surface area contributed by atoms with E-state index in [2.05, 4.69) is 25.1 Å². The van der Waals surface area contributed by atoms with E-state index < -0.39 is 0 Å². The van der Waals surface area contributed by atoms with Gasteiger partial charge in [-0.3, -0.25) is 4.79 Å². The van der Waals surface area contributed by atoms with Gasteiger partial charge in [0.25, 0.3) is 0 Å². The third-order valence-corrected chi connectivity index (χ3v) is 7.78. The van der Waals surface area contributed by atoms with Gasteiger partial charge in [0.15, 0.2) is 22.8 Å². The van der Waals surface area contributed by atoms with Crippen molar-refractivity contribution in [1.29, 1.82) is 0 Å². The van der Waals surface area contributed by atoms with Gasteiger partial charge < -0.3 is 23.4 Å². The van der Waals surface area contributed by atoms with Gasteiger partial charge in [-0.1, -0.05) is 64.0 Å². The Morgan fingerprint density at radius 2 is 1.57 bits per heavy atom. The predicted molar refractivity (Wildman–Crippen MR) is 168 cm³/mol. The summed E-state index contributed by atoms with van der Waals surface area (Å²) in [7, 11) is 1.65. The van der Waals surface area contributed by atoms with Crippen LogP contribution < -0.4 is 14.2 Å². The topological polar surface area (TPSA) is 67.1 Å². The number of esters is 1. The second kappa shape index (κ2) is 17.5. The number of aryl methyl sites for hydroxylation is 1. The summed E-state index contributed by atoms with van der Waals surface area (Å²) in [5.74, 6) is 2.81. The molecule has 1 aliphatic heterocycles. The van der Waals surface area contributed by atoms with E-state index in [1.807, 2.05) is 30.3 Å². The van der Waals surface area contributed by atoms with Crippen LogP contribution in [0.25, 0.3) is 22.3 Å². The standard InChI is InChI=1S/C36H48O6/c1-3-4-5-6-7-8-9-10-11-12-13-14-15-16-19-35(37)39-22-17-18-28-23-30-26-32(42-36(30)34(24-28)38-2)29-20-21-31-33(25-29)41-27-40-31/h10-11,20-21,23-26H,3-9,12-19,22,27H2,1-2H3/b11-10-. The second-order valence-corrected chi connectivity index (χ2v) is 11.2. The number of benzene rings is 2. The van der Waals surface area contributed by atoms with Crippen molar-refractivity contribution >= 4 is 16.9 Å². The minimum atomic E-state index is -0.0925. The van der Waals surface area contributed by atoms with Crippen LogP contribution in [-0.2, 0) is 16.0 Å². The first-order valence-corrected chi connectivity index (χ1v) is 16.0. The molecule has 0 saturated heterocycles. The number of unbranched alkanes of at least 4 members (excludes halogenated alkanes) is 10. The number of carbonyl (C=O) groups excluding carboxylic acids is 1. The summed E-state index contributed by atoms with van der Waals surface area (Å²) < 4.78 is 28.2. The van der Waals surface area contributed by atoms with Crippen LogP contribution in [0.15, 0.2) is 53.0 Å². The molecule has 42 heavy (non-hydrogen) atoms. The number of ether oxygens (including phenoxy) is 4. The van der Waals surface area contributed by atoms with Gasteiger partial charge in [-0.05, 0) is 86.9 Å². The molecular formula is C36H48O6. The maximum atomic E-state index is 12.2. The number of hydrogen-bond acceptors (Lipinski definition) is 6. The minimum Gasteiger partial charge on any atom is -0.493 e. The Balaban J connectivity index is 1.09. The van der Waals surface area contributed by atoms with Crippen LogP contribution in [0.4, 0.5) is 0 Å². The molecule has 1 aliphatic rings. The Morgan fingerprint density at radius 1 is 0.833 bits per heavy atom. The molecule has 6 heteroatoms. The monoisotopic (exact) mass is 576 g/mol. The van der Waals surface area contributed by atoms with Crippen molar-refractivity contribution in [3.05, 3.63) is 54.1 Å². The highest BCUT2D eigenvalue weighted by atomic mass is 16.7. The van der Waals surface area contributed by atoms with Crippen molar-refractivity contribution in [2.24, 2.45) is 0 Å². The van der Waals surface area contributed by atoms with Gasteiger partial charge in [-0.15, -0.1) is 0 Å². The van der Waals surface area contributed by atoms with Crippen molar-refractivity contribution in [3.8, 4) is 28.6 Å². The van der Waals surface area contributed by atoms with Crippen LogP contribution in [0.2, 0.25) is 0 Å². The normalized spacial score (nSPS) is 12.4. The maximum Gasteiger partial charge on any atom is 0.305 e. The molecule has 4 rings (SSSR count). The summed E-state index contributed by atoms with van der Waals surface area (Å²) in [6.07, 6.45) is 21.6. The van der Waals surface area contributed by atoms with Crippen molar-refractivity contribution in [3.63, 3.8) is 0 Å². The molecule has 228 valence electrons. The van der Waals surface area contributed by atoms with E-state index in [4.69, 9.17) is 23.4 Å². The molecule has 0 unspecified atom stereocenters. The predicted octanol–water partition coefficient (Wildman–Crippen LogP) is 9.96. The van der Waals surface area contributed by atoms with Crippen molar-refractivity contribution < 1.29 is 28.2 Å². The van der Waals surface area contributed by atoms with Crippen LogP contribution in [0, 0.1) is 0 Å². The molecule has 0 saturated carbocycles. The minimum absolute atomic E-state index is 0.0925. The summed E-state index contributed by atoms with van der Waals surface area (Å²) in [5, 5.41) is 0.974. The first-order chi connectivity index (χ1) is 20.7. The summed E-state index contributed by atoms with van der Waals surface area (Å²) in [5.41, 5.74) is 2.75. The maximum absolute atomic E-state index is 12.2. The first-order valence-electron chi connectivity index (χ1n) is 16.0. The van der Waals surface area contributed by atoms with E-state index in [0.717, 1.165) is 65.9 Å². The largest absolute Gasteiger partial charge is 0.493 e.